The maximum absolute atomic E-state index is 11.9. The van der Waals surface area contributed by atoms with Crippen LogP contribution in [0.25, 0.3) is 0 Å². The van der Waals surface area contributed by atoms with Gasteiger partial charge < -0.3 is 10.6 Å². The molecule has 1 saturated heterocycles. The smallest absolute Gasteiger partial charge is 0.321 e. The number of urea groups is 1. The molecule has 0 aromatic carbocycles. The Morgan fingerprint density at radius 2 is 2.11 bits per heavy atom. The molecule has 0 aromatic heterocycles. The average molecular weight is 256 g/mol. The molecule has 6 heteroatoms. The highest BCUT2D eigenvalue weighted by atomic mass is 16.2. The number of rotatable bonds is 3. The third-order valence-corrected chi connectivity index (χ3v) is 3.26. The lowest BCUT2D eigenvalue weighted by Gasteiger charge is -2.40. The van der Waals surface area contributed by atoms with E-state index in [9.17, 15) is 9.59 Å². The summed E-state index contributed by atoms with van der Waals surface area (Å²) < 4.78 is 0. The first-order valence-electron chi connectivity index (χ1n) is 6.53. The average Bonchev–Trinajstić information content (AvgIpc) is 2.31. The molecule has 0 saturated carbocycles. The van der Waals surface area contributed by atoms with Crippen molar-refractivity contribution in [1.29, 1.82) is 0 Å². The van der Waals surface area contributed by atoms with Gasteiger partial charge in [-0.15, -0.1) is 0 Å². The molecule has 0 spiro atoms. The molecule has 0 bridgehead atoms. The highest BCUT2D eigenvalue weighted by Crippen LogP contribution is 2.11. The number of nitrogens with zero attached hydrogens (tertiary/aromatic N) is 1. The molecule has 1 aliphatic rings. The molecule has 3 atom stereocenters. The summed E-state index contributed by atoms with van der Waals surface area (Å²) in [5.41, 5.74) is 0. The van der Waals surface area contributed by atoms with Crippen LogP contribution in [0.2, 0.25) is 0 Å². The van der Waals surface area contributed by atoms with Gasteiger partial charge in [0.1, 0.15) is 0 Å². The van der Waals surface area contributed by atoms with Crippen molar-refractivity contribution in [3.05, 3.63) is 0 Å². The molecule has 3 N–H and O–H groups in total. The minimum absolute atomic E-state index is 0.248. The number of nitrogens with one attached hydrogen (secondary N) is 3. The maximum Gasteiger partial charge on any atom is 0.321 e. The second-order valence-corrected chi connectivity index (χ2v) is 4.88. The SMILES string of the molecule is CCNC(=O)NC(=O)C(C)N1CC(C)NCC1C. The van der Waals surface area contributed by atoms with E-state index >= 15 is 0 Å². The van der Waals surface area contributed by atoms with Crippen LogP contribution in [0.5, 0.6) is 0 Å². The Morgan fingerprint density at radius 1 is 1.44 bits per heavy atom. The second-order valence-electron chi connectivity index (χ2n) is 4.88. The molecule has 0 aromatic rings. The molecule has 3 amide bonds. The molecule has 1 rings (SSSR count). The summed E-state index contributed by atoms with van der Waals surface area (Å²) in [4.78, 5) is 25.4. The van der Waals surface area contributed by atoms with Crippen LogP contribution in [0.3, 0.4) is 0 Å². The predicted octanol–water partition coefficient (Wildman–Crippen LogP) is -0.0972. The summed E-state index contributed by atoms with van der Waals surface area (Å²) in [7, 11) is 0. The Hall–Kier alpha value is -1.14. The van der Waals surface area contributed by atoms with Crippen LogP contribution >= 0.6 is 0 Å². The largest absolute Gasteiger partial charge is 0.338 e. The first kappa shape index (κ1) is 14.9. The Morgan fingerprint density at radius 3 is 2.72 bits per heavy atom. The topological polar surface area (TPSA) is 73.5 Å². The predicted molar refractivity (Wildman–Crippen MR) is 70.3 cm³/mol. The Labute approximate surface area is 108 Å². The maximum atomic E-state index is 11.9. The lowest BCUT2D eigenvalue weighted by Crippen LogP contribution is -2.60. The number of carbonyl (C=O) groups excluding carboxylic acids is 2. The van der Waals surface area contributed by atoms with Gasteiger partial charge in [-0.3, -0.25) is 15.0 Å². The van der Waals surface area contributed by atoms with E-state index in [0.717, 1.165) is 13.1 Å². The molecular formula is C12H24N4O2. The first-order chi connectivity index (χ1) is 8.45. The summed E-state index contributed by atoms with van der Waals surface area (Å²) in [6.45, 7) is 10.00. The minimum atomic E-state index is -0.426. The minimum Gasteiger partial charge on any atom is -0.338 e. The fraction of sp³-hybridized carbons (Fsp3) is 0.833. The van der Waals surface area contributed by atoms with Crippen molar-refractivity contribution in [2.45, 2.75) is 45.8 Å². The van der Waals surface area contributed by atoms with Gasteiger partial charge in [0, 0.05) is 31.7 Å². The van der Waals surface area contributed by atoms with Crippen molar-refractivity contribution in [3.8, 4) is 0 Å². The summed E-state index contributed by atoms with van der Waals surface area (Å²) in [5, 5.41) is 8.28. The normalized spacial score (nSPS) is 26.4. The van der Waals surface area contributed by atoms with Crippen LogP contribution < -0.4 is 16.0 Å². The monoisotopic (exact) mass is 256 g/mol. The van der Waals surface area contributed by atoms with Gasteiger partial charge in [-0.05, 0) is 27.7 Å². The van der Waals surface area contributed by atoms with Crippen LogP contribution in [-0.4, -0.2) is 54.6 Å². The fourth-order valence-electron chi connectivity index (χ4n) is 2.16. The van der Waals surface area contributed by atoms with Gasteiger partial charge >= 0.3 is 6.03 Å². The van der Waals surface area contributed by atoms with Gasteiger partial charge in [0.25, 0.3) is 0 Å². The van der Waals surface area contributed by atoms with E-state index in [1.807, 2.05) is 13.8 Å². The number of hydrogen-bond acceptors (Lipinski definition) is 4. The van der Waals surface area contributed by atoms with Crippen LogP contribution in [0.1, 0.15) is 27.7 Å². The van der Waals surface area contributed by atoms with Gasteiger partial charge in [0.15, 0.2) is 0 Å². The standard InChI is InChI=1S/C12H24N4O2/c1-5-13-12(18)15-11(17)10(4)16-7-8(2)14-6-9(16)3/h8-10,14H,5-7H2,1-4H3,(H2,13,15,17,18). The zero-order valence-corrected chi connectivity index (χ0v) is 11.6. The van der Waals surface area contributed by atoms with Gasteiger partial charge in [0.2, 0.25) is 5.91 Å². The molecule has 3 unspecified atom stereocenters. The van der Waals surface area contributed by atoms with Crippen LogP contribution in [0.15, 0.2) is 0 Å². The van der Waals surface area contributed by atoms with Crippen molar-refractivity contribution >= 4 is 11.9 Å². The van der Waals surface area contributed by atoms with E-state index in [2.05, 4.69) is 34.7 Å². The third-order valence-electron chi connectivity index (χ3n) is 3.26. The quantitative estimate of drug-likeness (QED) is 0.659. The Kier molecular flexibility index (Phi) is 5.55. The summed E-state index contributed by atoms with van der Waals surface area (Å²) in [6.07, 6.45) is 0. The molecule has 1 heterocycles. The van der Waals surface area contributed by atoms with E-state index in [4.69, 9.17) is 0 Å². The number of amides is 3. The van der Waals surface area contributed by atoms with Crippen LogP contribution in [0, 0.1) is 0 Å². The van der Waals surface area contributed by atoms with Gasteiger partial charge in [-0.2, -0.15) is 0 Å². The molecular weight excluding hydrogens is 232 g/mol. The Balaban J connectivity index is 2.53. The zero-order valence-electron chi connectivity index (χ0n) is 11.6. The molecule has 6 nitrogen and oxygen atoms in total. The lowest BCUT2D eigenvalue weighted by molar-refractivity contribution is -0.126. The van der Waals surface area contributed by atoms with Crippen molar-refractivity contribution in [2.75, 3.05) is 19.6 Å². The molecule has 0 radical (unpaired) electrons. The van der Waals surface area contributed by atoms with Gasteiger partial charge in [-0.25, -0.2) is 4.79 Å². The highest BCUT2D eigenvalue weighted by Gasteiger charge is 2.30. The molecule has 18 heavy (non-hydrogen) atoms. The number of piperazine rings is 1. The molecule has 104 valence electrons. The first-order valence-corrected chi connectivity index (χ1v) is 6.53. The number of imide groups is 1. The number of hydrogen-bond donors (Lipinski definition) is 3. The van der Waals surface area contributed by atoms with Crippen molar-refractivity contribution in [1.82, 2.24) is 20.9 Å². The van der Waals surface area contributed by atoms with Crippen LogP contribution in [-0.2, 0) is 4.79 Å². The summed E-state index contributed by atoms with van der Waals surface area (Å²) in [6, 6.07) is -0.0746. The highest BCUT2D eigenvalue weighted by molar-refractivity contribution is 5.96. The molecule has 0 aliphatic carbocycles. The van der Waals surface area contributed by atoms with Gasteiger partial charge in [0.05, 0.1) is 6.04 Å². The zero-order chi connectivity index (χ0) is 13.7. The van der Waals surface area contributed by atoms with Crippen molar-refractivity contribution in [3.63, 3.8) is 0 Å². The summed E-state index contributed by atoms with van der Waals surface area (Å²) in [5.74, 6) is -0.248. The van der Waals surface area contributed by atoms with E-state index in [-0.39, 0.29) is 18.0 Å². The number of carbonyl (C=O) groups is 2. The molecule has 1 fully saturated rings. The van der Waals surface area contributed by atoms with E-state index in [1.54, 1.807) is 0 Å². The summed E-state index contributed by atoms with van der Waals surface area (Å²) >= 11 is 0. The van der Waals surface area contributed by atoms with E-state index in [1.165, 1.54) is 0 Å². The second kappa shape index (κ2) is 6.70. The van der Waals surface area contributed by atoms with Crippen molar-refractivity contribution < 1.29 is 9.59 Å². The van der Waals surface area contributed by atoms with E-state index < -0.39 is 6.03 Å². The van der Waals surface area contributed by atoms with E-state index in [0.29, 0.717) is 12.6 Å². The lowest BCUT2D eigenvalue weighted by atomic mass is 10.1. The third kappa shape index (κ3) is 3.96. The Bertz CT molecular complexity index is 308. The fourth-order valence-corrected chi connectivity index (χ4v) is 2.16. The molecule has 1 aliphatic heterocycles. The van der Waals surface area contributed by atoms with Crippen molar-refractivity contribution in [2.24, 2.45) is 0 Å². The van der Waals surface area contributed by atoms with Crippen LogP contribution in [0.4, 0.5) is 4.79 Å². The van der Waals surface area contributed by atoms with Gasteiger partial charge in [-0.1, -0.05) is 0 Å².